The molecule has 0 aliphatic carbocycles. The number of rotatable bonds is 4. The van der Waals surface area contributed by atoms with Gasteiger partial charge in [0.2, 0.25) is 0 Å². The first-order chi connectivity index (χ1) is 9.47. The standard InChI is InChI=1S/C15H14FNO2S/c1-9-3-2-4-10(5-9)8-20-14-7-12(16)11(15(18)19)6-13(14)17/h2-7H,8,17H2,1H3,(H,18,19). The molecule has 2 aromatic rings. The van der Waals surface area contributed by atoms with Crippen LogP contribution in [0.1, 0.15) is 21.5 Å². The maximum atomic E-state index is 13.6. The zero-order valence-electron chi connectivity index (χ0n) is 10.9. The number of carbonyl (C=O) groups is 1. The molecule has 104 valence electrons. The minimum atomic E-state index is -1.32. The Bertz CT molecular complexity index is 658. The molecular weight excluding hydrogens is 277 g/mol. The average Bonchev–Trinajstić information content (AvgIpc) is 2.39. The number of carboxylic acids is 1. The number of hydrogen-bond donors (Lipinski definition) is 2. The maximum Gasteiger partial charge on any atom is 0.338 e. The van der Waals surface area contributed by atoms with E-state index in [-0.39, 0.29) is 5.69 Å². The summed E-state index contributed by atoms with van der Waals surface area (Å²) in [4.78, 5) is 11.3. The molecule has 0 atom stereocenters. The molecule has 3 nitrogen and oxygen atoms in total. The lowest BCUT2D eigenvalue weighted by atomic mass is 10.2. The van der Waals surface area contributed by atoms with Crippen LogP contribution in [0.4, 0.5) is 10.1 Å². The van der Waals surface area contributed by atoms with Crippen molar-refractivity contribution in [3.8, 4) is 0 Å². The Kier molecular flexibility index (Phi) is 4.29. The molecule has 5 heteroatoms. The molecule has 0 bridgehead atoms. The van der Waals surface area contributed by atoms with E-state index in [2.05, 4.69) is 0 Å². The van der Waals surface area contributed by atoms with Crippen molar-refractivity contribution in [3.05, 3.63) is 58.9 Å². The van der Waals surface area contributed by atoms with Gasteiger partial charge in [0.05, 0.1) is 5.56 Å². The van der Waals surface area contributed by atoms with Crippen LogP contribution in [-0.4, -0.2) is 11.1 Å². The molecule has 2 rings (SSSR count). The van der Waals surface area contributed by atoms with Crippen LogP contribution in [0.2, 0.25) is 0 Å². The van der Waals surface area contributed by atoms with Crippen molar-refractivity contribution >= 4 is 23.4 Å². The number of aromatic carboxylic acids is 1. The van der Waals surface area contributed by atoms with E-state index in [1.165, 1.54) is 17.8 Å². The summed E-state index contributed by atoms with van der Waals surface area (Å²) in [5.74, 6) is -1.43. The molecule has 0 aromatic heterocycles. The highest BCUT2D eigenvalue weighted by Crippen LogP contribution is 2.30. The van der Waals surface area contributed by atoms with E-state index in [0.29, 0.717) is 10.6 Å². The van der Waals surface area contributed by atoms with Crippen LogP contribution in [0.5, 0.6) is 0 Å². The molecule has 0 aliphatic rings. The van der Waals surface area contributed by atoms with Crippen molar-refractivity contribution < 1.29 is 14.3 Å². The number of hydrogen-bond acceptors (Lipinski definition) is 3. The quantitative estimate of drug-likeness (QED) is 0.666. The molecule has 0 aliphatic heterocycles. The molecule has 0 unspecified atom stereocenters. The molecule has 0 saturated carbocycles. The molecular formula is C15H14FNO2S. The zero-order chi connectivity index (χ0) is 14.7. The third-order valence-electron chi connectivity index (χ3n) is 2.81. The Morgan fingerprint density at radius 2 is 2.10 bits per heavy atom. The average molecular weight is 291 g/mol. The summed E-state index contributed by atoms with van der Waals surface area (Å²) in [7, 11) is 0. The van der Waals surface area contributed by atoms with Gasteiger partial charge in [-0.3, -0.25) is 0 Å². The van der Waals surface area contributed by atoms with E-state index in [4.69, 9.17) is 10.8 Å². The van der Waals surface area contributed by atoms with Crippen molar-refractivity contribution in [2.24, 2.45) is 0 Å². The van der Waals surface area contributed by atoms with Crippen molar-refractivity contribution in [3.63, 3.8) is 0 Å². The fourth-order valence-electron chi connectivity index (χ4n) is 1.82. The lowest BCUT2D eigenvalue weighted by molar-refractivity contribution is 0.0692. The summed E-state index contributed by atoms with van der Waals surface area (Å²) < 4.78 is 13.6. The lowest BCUT2D eigenvalue weighted by Crippen LogP contribution is -2.03. The second-order valence-corrected chi connectivity index (χ2v) is 5.47. The Labute approximate surface area is 120 Å². The van der Waals surface area contributed by atoms with Crippen molar-refractivity contribution in [1.29, 1.82) is 0 Å². The normalized spacial score (nSPS) is 10.5. The van der Waals surface area contributed by atoms with Gasteiger partial charge in [0, 0.05) is 16.3 Å². The van der Waals surface area contributed by atoms with Crippen LogP contribution in [0, 0.1) is 12.7 Å². The van der Waals surface area contributed by atoms with E-state index >= 15 is 0 Å². The third kappa shape index (κ3) is 3.30. The maximum absolute atomic E-state index is 13.6. The number of benzene rings is 2. The Morgan fingerprint density at radius 1 is 1.35 bits per heavy atom. The van der Waals surface area contributed by atoms with Crippen molar-refractivity contribution in [2.75, 3.05) is 5.73 Å². The molecule has 0 spiro atoms. The van der Waals surface area contributed by atoms with Crippen LogP contribution in [0.25, 0.3) is 0 Å². The van der Waals surface area contributed by atoms with Crippen molar-refractivity contribution in [2.45, 2.75) is 17.6 Å². The number of thioether (sulfide) groups is 1. The highest BCUT2D eigenvalue weighted by Gasteiger charge is 2.14. The molecule has 0 radical (unpaired) electrons. The largest absolute Gasteiger partial charge is 0.478 e. The van der Waals surface area contributed by atoms with Gasteiger partial charge in [0.1, 0.15) is 5.82 Å². The van der Waals surface area contributed by atoms with Gasteiger partial charge in [-0.25, -0.2) is 9.18 Å². The fraction of sp³-hybridized carbons (Fsp3) is 0.133. The molecule has 0 amide bonds. The zero-order valence-corrected chi connectivity index (χ0v) is 11.7. The molecule has 2 aromatic carbocycles. The summed E-state index contributed by atoms with van der Waals surface area (Å²) in [6, 6.07) is 10.3. The summed E-state index contributed by atoms with van der Waals surface area (Å²) in [5.41, 5.74) is 7.91. The van der Waals surface area contributed by atoms with Crippen molar-refractivity contribution in [1.82, 2.24) is 0 Å². The predicted molar refractivity (Wildman–Crippen MR) is 78.5 cm³/mol. The van der Waals surface area contributed by atoms with Gasteiger partial charge in [-0.05, 0) is 24.6 Å². The van der Waals surface area contributed by atoms with Gasteiger partial charge >= 0.3 is 5.97 Å². The fourth-order valence-corrected chi connectivity index (χ4v) is 2.74. The number of carboxylic acid groups (broad SMARTS) is 1. The second-order valence-electron chi connectivity index (χ2n) is 4.45. The van der Waals surface area contributed by atoms with Crippen LogP contribution in [0.3, 0.4) is 0 Å². The summed E-state index contributed by atoms with van der Waals surface area (Å²) in [5, 5.41) is 8.82. The van der Waals surface area contributed by atoms with Crippen LogP contribution in [0.15, 0.2) is 41.3 Å². The van der Waals surface area contributed by atoms with Gasteiger partial charge in [0.15, 0.2) is 0 Å². The molecule has 0 saturated heterocycles. The molecule has 0 heterocycles. The first kappa shape index (κ1) is 14.4. The SMILES string of the molecule is Cc1cccc(CSc2cc(F)c(C(=O)O)cc2N)c1. The highest BCUT2D eigenvalue weighted by atomic mass is 32.2. The van der Waals surface area contributed by atoms with Gasteiger partial charge < -0.3 is 10.8 Å². The lowest BCUT2D eigenvalue weighted by Gasteiger charge is -2.08. The second kappa shape index (κ2) is 5.96. The predicted octanol–water partition coefficient (Wildman–Crippen LogP) is 3.71. The van der Waals surface area contributed by atoms with Crippen LogP contribution >= 0.6 is 11.8 Å². The number of aryl methyl sites for hydroxylation is 1. The first-order valence-corrected chi connectivity index (χ1v) is 6.96. The van der Waals surface area contributed by atoms with Crippen LogP contribution in [-0.2, 0) is 5.75 Å². The molecule has 0 fully saturated rings. The monoisotopic (exact) mass is 291 g/mol. The minimum Gasteiger partial charge on any atom is -0.478 e. The van der Waals surface area contributed by atoms with Gasteiger partial charge in [-0.2, -0.15) is 0 Å². The van der Waals surface area contributed by atoms with E-state index in [0.717, 1.165) is 17.2 Å². The Balaban J connectivity index is 2.18. The van der Waals surface area contributed by atoms with E-state index < -0.39 is 17.3 Å². The summed E-state index contributed by atoms with van der Waals surface area (Å²) in [6.45, 7) is 2.00. The number of nitrogen functional groups attached to an aromatic ring is 1. The first-order valence-electron chi connectivity index (χ1n) is 5.98. The minimum absolute atomic E-state index is 0.279. The van der Waals surface area contributed by atoms with E-state index in [1.54, 1.807) is 0 Å². The highest BCUT2D eigenvalue weighted by molar-refractivity contribution is 7.98. The number of anilines is 1. The summed E-state index contributed by atoms with van der Waals surface area (Å²) in [6.07, 6.45) is 0. The van der Waals surface area contributed by atoms with Gasteiger partial charge in [0.25, 0.3) is 0 Å². The van der Waals surface area contributed by atoms with Crippen LogP contribution < -0.4 is 5.73 Å². The third-order valence-corrected chi connectivity index (χ3v) is 3.95. The Hall–Kier alpha value is -2.01. The molecule has 20 heavy (non-hydrogen) atoms. The van der Waals surface area contributed by atoms with E-state index in [9.17, 15) is 9.18 Å². The summed E-state index contributed by atoms with van der Waals surface area (Å²) >= 11 is 1.39. The number of halogens is 1. The van der Waals surface area contributed by atoms with Gasteiger partial charge in [-0.15, -0.1) is 11.8 Å². The molecule has 3 N–H and O–H groups in total. The smallest absolute Gasteiger partial charge is 0.338 e. The number of nitrogens with two attached hydrogens (primary N) is 1. The van der Waals surface area contributed by atoms with E-state index in [1.807, 2.05) is 31.2 Å². The van der Waals surface area contributed by atoms with Gasteiger partial charge in [-0.1, -0.05) is 29.8 Å². The Morgan fingerprint density at radius 3 is 2.75 bits per heavy atom. The topological polar surface area (TPSA) is 63.3 Å².